The average Bonchev–Trinajstić information content (AvgIpc) is 3.34. The van der Waals surface area contributed by atoms with Gasteiger partial charge >= 0.3 is 0 Å². The number of amides is 2. The lowest BCUT2D eigenvalue weighted by Gasteiger charge is -2.23. The van der Waals surface area contributed by atoms with E-state index in [1.807, 2.05) is 78.9 Å². The summed E-state index contributed by atoms with van der Waals surface area (Å²) >= 11 is 1.50. The first kappa shape index (κ1) is 28.3. The van der Waals surface area contributed by atoms with Crippen LogP contribution in [0.3, 0.4) is 0 Å². The van der Waals surface area contributed by atoms with Gasteiger partial charge in [-0.05, 0) is 30.3 Å². The van der Waals surface area contributed by atoms with Crippen LogP contribution >= 0.6 is 11.8 Å². The molecule has 1 atom stereocenters. The van der Waals surface area contributed by atoms with Crippen LogP contribution in [0.15, 0.2) is 78.9 Å². The number of anilines is 1. The molecule has 0 unspecified atom stereocenters. The van der Waals surface area contributed by atoms with Crippen LogP contribution in [0, 0.1) is 0 Å². The number of para-hydroxylation sites is 1. The molecule has 0 radical (unpaired) electrons. The highest BCUT2D eigenvalue weighted by atomic mass is 32.2. The zero-order valence-electron chi connectivity index (χ0n) is 23.2. The Labute approximate surface area is 243 Å². The van der Waals surface area contributed by atoms with Crippen molar-refractivity contribution >= 4 is 29.4 Å². The molecule has 10 heteroatoms. The smallest absolute Gasteiger partial charge is 0.240 e. The number of ether oxygens (including phenoxy) is 3. The van der Waals surface area contributed by atoms with Gasteiger partial charge in [-0.3, -0.25) is 14.5 Å². The second-order valence-electron chi connectivity index (χ2n) is 9.32. The van der Waals surface area contributed by atoms with E-state index in [1.165, 1.54) is 11.8 Å². The van der Waals surface area contributed by atoms with Crippen molar-refractivity contribution in [3.05, 3.63) is 90.0 Å². The number of aromatic nitrogens is 2. The van der Waals surface area contributed by atoms with Gasteiger partial charge in [-0.2, -0.15) is 5.10 Å². The Morgan fingerprint density at radius 1 is 0.976 bits per heavy atom. The van der Waals surface area contributed by atoms with E-state index in [2.05, 4.69) is 5.32 Å². The predicted octanol–water partition coefficient (Wildman–Crippen LogP) is 4.49. The van der Waals surface area contributed by atoms with Crippen LogP contribution in [0.4, 0.5) is 5.82 Å². The first-order chi connectivity index (χ1) is 20.0. The Balaban J connectivity index is 1.76. The summed E-state index contributed by atoms with van der Waals surface area (Å²) in [5.74, 6) is 1.64. The molecule has 5 rings (SSSR count). The molecule has 1 aliphatic rings. The number of methoxy groups -OCH3 is 3. The van der Waals surface area contributed by atoms with E-state index in [1.54, 1.807) is 30.9 Å². The maximum absolute atomic E-state index is 13.8. The molecule has 0 spiro atoms. The monoisotopic (exact) mass is 572 g/mol. The molecule has 0 bridgehead atoms. The van der Waals surface area contributed by atoms with Crippen LogP contribution in [0.2, 0.25) is 0 Å². The first-order valence-electron chi connectivity index (χ1n) is 13.2. The van der Waals surface area contributed by atoms with Gasteiger partial charge in [0, 0.05) is 30.3 Å². The first-order valence-corrected chi connectivity index (χ1v) is 14.2. The second-order valence-corrected chi connectivity index (χ2v) is 10.4. The van der Waals surface area contributed by atoms with Gasteiger partial charge < -0.3 is 19.5 Å². The molecule has 2 amide bonds. The highest BCUT2D eigenvalue weighted by Gasteiger charge is 2.38. The van der Waals surface area contributed by atoms with Crippen molar-refractivity contribution in [2.24, 2.45) is 0 Å². The lowest BCUT2D eigenvalue weighted by molar-refractivity contribution is -0.123. The van der Waals surface area contributed by atoms with Crippen LogP contribution in [0.5, 0.6) is 11.5 Å². The molecule has 4 aromatic rings. The molecule has 41 heavy (non-hydrogen) atoms. The van der Waals surface area contributed by atoms with Gasteiger partial charge in [-0.15, -0.1) is 11.8 Å². The number of hydrogen-bond donors (Lipinski definition) is 1. The van der Waals surface area contributed by atoms with Crippen molar-refractivity contribution in [3.8, 4) is 28.4 Å². The van der Waals surface area contributed by atoms with Crippen molar-refractivity contribution in [1.29, 1.82) is 0 Å². The Morgan fingerprint density at radius 3 is 2.41 bits per heavy atom. The van der Waals surface area contributed by atoms with Crippen molar-refractivity contribution in [2.45, 2.75) is 5.25 Å². The number of nitrogens with zero attached hydrogens (tertiary/aromatic N) is 3. The average molecular weight is 573 g/mol. The third kappa shape index (κ3) is 5.94. The molecule has 1 aliphatic heterocycles. The number of carbonyl (C=O) groups is 2. The van der Waals surface area contributed by atoms with E-state index in [0.29, 0.717) is 30.5 Å². The largest absolute Gasteiger partial charge is 0.497 e. The summed E-state index contributed by atoms with van der Waals surface area (Å²) in [6.45, 7) is 0.555. The highest BCUT2D eigenvalue weighted by Crippen LogP contribution is 2.50. The second kappa shape index (κ2) is 12.9. The van der Waals surface area contributed by atoms with Gasteiger partial charge in [0.1, 0.15) is 23.9 Å². The van der Waals surface area contributed by atoms with Crippen molar-refractivity contribution in [1.82, 2.24) is 15.1 Å². The summed E-state index contributed by atoms with van der Waals surface area (Å²) in [6, 6.07) is 25.1. The topological polar surface area (TPSA) is 94.9 Å². The lowest BCUT2D eigenvalue weighted by atomic mass is 9.99. The number of rotatable bonds is 10. The fraction of sp³-hybridized carbons (Fsp3) is 0.258. The molecule has 2 heterocycles. The third-order valence-electron chi connectivity index (χ3n) is 6.80. The van der Waals surface area contributed by atoms with Gasteiger partial charge in [0.05, 0.1) is 43.2 Å². The van der Waals surface area contributed by atoms with Gasteiger partial charge in [0.25, 0.3) is 0 Å². The Kier molecular flexibility index (Phi) is 8.91. The molecule has 0 aliphatic carbocycles. The van der Waals surface area contributed by atoms with Gasteiger partial charge in [-0.25, -0.2) is 4.68 Å². The third-order valence-corrected chi connectivity index (χ3v) is 8.04. The van der Waals surface area contributed by atoms with E-state index in [0.717, 1.165) is 28.1 Å². The zero-order valence-corrected chi connectivity index (χ0v) is 24.0. The van der Waals surface area contributed by atoms with Crippen molar-refractivity contribution < 1.29 is 23.8 Å². The van der Waals surface area contributed by atoms with Crippen LogP contribution in [-0.4, -0.2) is 68.4 Å². The van der Waals surface area contributed by atoms with E-state index in [-0.39, 0.29) is 29.4 Å². The summed E-state index contributed by atoms with van der Waals surface area (Å²) < 4.78 is 18.0. The number of nitrogens with one attached hydrogen (secondary N) is 1. The fourth-order valence-electron chi connectivity index (χ4n) is 4.85. The van der Waals surface area contributed by atoms with E-state index >= 15 is 0 Å². The number of benzene rings is 3. The van der Waals surface area contributed by atoms with Crippen LogP contribution in [-0.2, 0) is 14.3 Å². The standard InChI is InChI=1S/C31H32N4O5S/c1-38-18-17-32-26(36)19-34-27(37)20-41-30(24-11-7-8-12-25(24)40-3)28-29(21-9-5-4-6-10-21)33-35(31(28)34)22-13-15-23(39-2)16-14-22/h4-16,30H,17-20H2,1-3H3,(H,32,36)/t30-/m1/s1. The maximum atomic E-state index is 13.8. The summed E-state index contributed by atoms with van der Waals surface area (Å²) in [6.07, 6.45) is 0. The number of carbonyl (C=O) groups excluding carboxylic acids is 2. The number of fused-ring (bicyclic) bond motifs is 1. The lowest BCUT2D eigenvalue weighted by Crippen LogP contribution is -2.43. The van der Waals surface area contributed by atoms with E-state index in [9.17, 15) is 9.59 Å². The molecule has 9 nitrogen and oxygen atoms in total. The Bertz CT molecular complexity index is 1510. The van der Waals surface area contributed by atoms with Gasteiger partial charge in [0.2, 0.25) is 11.8 Å². The molecule has 1 N–H and O–H groups in total. The minimum absolute atomic E-state index is 0.162. The molecule has 0 fully saturated rings. The van der Waals surface area contributed by atoms with Crippen LogP contribution < -0.4 is 19.7 Å². The minimum atomic E-state index is -0.297. The van der Waals surface area contributed by atoms with E-state index in [4.69, 9.17) is 19.3 Å². The predicted molar refractivity (Wildman–Crippen MR) is 160 cm³/mol. The minimum Gasteiger partial charge on any atom is -0.497 e. The molecule has 212 valence electrons. The van der Waals surface area contributed by atoms with Crippen LogP contribution in [0.1, 0.15) is 16.4 Å². The zero-order chi connectivity index (χ0) is 28.8. The molecular formula is C31H32N4O5S. The maximum Gasteiger partial charge on any atom is 0.240 e. The summed E-state index contributed by atoms with van der Waals surface area (Å²) in [5.41, 5.74) is 4.10. The summed E-state index contributed by atoms with van der Waals surface area (Å²) in [5, 5.41) is 7.65. The normalized spacial score (nSPS) is 14.8. The molecular weight excluding hydrogens is 540 g/mol. The number of hydrogen-bond acceptors (Lipinski definition) is 7. The van der Waals surface area contributed by atoms with Crippen molar-refractivity contribution in [3.63, 3.8) is 0 Å². The van der Waals surface area contributed by atoms with Crippen molar-refractivity contribution in [2.75, 3.05) is 51.7 Å². The van der Waals surface area contributed by atoms with Gasteiger partial charge in [-0.1, -0.05) is 48.5 Å². The van der Waals surface area contributed by atoms with Crippen LogP contribution in [0.25, 0.3) is 16.9 Å². The quantitative estimate of drug-likeness (QED) is 0.280. The Morgan fingerprint density at radius 2 is 1.71 bits per heavy atom. The molecule has 0 saturated carbocycles. The molecule has 1 aromatic heterocycles. The molecule has 3 aromatic carbocycles. The SMILES string of the molecule is COCCNC(=O)CN1C(=O)CS[C@H](c2ccccc2OC)c2c(-c3ccccc3)nn(-c3ccc(OC)cc3)c21. The fourth-order valence-corrected chi connectivity index (χ4v) is 6.08. The Hall–Kier alpha value is -4.28. The summed E-state index contributed by atoms with van der Waals surface area (Å²) in [4.78, 5) is 28.4. The number of thioether (sulfide) groups is 1. The van der Waals surface area contributed by atoms with Gasteiger partial charge in [0.15, 0.2) is 0 Å². The summed E-state index contributed by atoms with van der Waals surface area (Å²) in [7, 11) is 4.83. The molecule has 0 saturated heterocycles. The van der Waals surface area contributed by atoms with E-state index < -0.39 is 0 Å². The highest BCUT2D eigenvalue weighted by molar-refractivity contribution is 8.00.